The molecule has 1 N–H and O–H groups in total. The van der Waals surface area contributed by atoms with Crippen LogP contribution in [0.4, 0.5) is 0 Å². The van der Waals surface area contributed by atoms with Gasteiger partial charge < -0.3 is 14.6 Å². The predicted octanol–water partition coefficient (Wildman–Crippen LogP) is 8.60. The van der Waals surface area contributed by atoms with Crippen LogP contribution < -0.4 is 9.47 Å². The zero-order valence-corrected chi connectivity index (χ0v) is 24.6. The Bertz CT molecular complexity index is 890. The van der Waals surface area contributed by atoms with Crippen molar-refractivity contribution in [3.63, 3.8) is 0 Å². The van der Waals surface area contributed by atoms with Gasteiger partial charge in [-0.2, -0.15) is 0 Å². The number of hydrogen-bond donors (Lipinski definition) is 1. The van der Waals surface area contributed by atoms with Gasteiger partial charge in [0.15, 0.2) is 0 Å². The van der Waals surface area contributed by atoms with Crippen LogP contribution in [-0.4, -0.2) is 22.6 Å². The molecule has 0 fully saturated rings. The highest BCUT2D eigenvalue weighted by molar-refractivity contribution is 5.78. The maximum absolute atomic E-state index is 12.1. The van der Waals surface area contributed by atoms with Crippen LogP contribution in [0.1, 0.15) is 128 Å². The number of aryl methyl sites for hydroxylation is 1. The molecule has 3 atom stereocenters. The van der Waals surface area contributed by atoms with E-state index in [1.807, 2.05) is 19.9 Å². The number of benzene rings is 1. The summed E-state index contributed by atoms with van der Waals surface area (Å²) in [6.45, 7) is 15.6. The van der Waals surface area contributed by atoms with Crippen molar-refractivity contribution >= 4 is 11.9 Å². The Morgan fingerprint density at radius 3 is 2.16 bits per heavy atom. The summed E-state index contributed by atoms with van der Waals surface area (Å²) in [6.07, 6.45) is 13.1. The number of hydrogen-bond acceptors (Lipinski definition) is 4. The first-order valence-corrected chi connectivity index (χ1v) is 14.6. The van der Waals surface area contributed by atoms with Crippen molar-refractivity contribution in [2.45, 2.75) is 138 Å². The minimum Gasteiger partial charge on any atom is -0.487 e. The molecule has 37 heavy (non-hydrogen) atoms. The molecule has 0 aromatic heterocycles. The van der Waals surface area contributed by atoms with Crippen molar-refractivity contribution in [1.29, 1.82) is 0 Å². The van der Waals surface area contributed by atoms with Gasteiger partial charge >= 0.3 is 11.9 Å². The average Bonchev–Trinajstić information content (AvgIpc) is 2.80. The number of esters is 1. The summed E-state index contributed by atoms with van der Waals surface area (Å²) < 4.78 is 12.1. The largest absolute Gasteiger partial charge is 0.487 e. The van der Waals surface area contributed by atoms with Gasteiger partial charge in [0.1, 0.15) is 17.1 Å². The highest BCUT2D eigenvalue weighted by Gasteiger charge is 2.34. The van der Waals surface area contributed by atoms with Crippen LogP contribution in [0.25, 0.3) is 0 Å². The molecule has 5 heteroatoms. The molecule has 210 valence electrons. The number of carbonyl (C=O) groups excluding carboxylic acids is 1. The number of rotatable bonds is 16. The van der Waals surface area contributed by atoms with Gasteiger partial charge in [-0.15, -0.1) is 0 Å². The Kier molecular flexibility index (Phi) is 12.5. The van der Waals surface area contributed by atoms with E-state index in [2.05, 4.69) is 34.6 Å². The van der Waals surface area contributed by atoms with Gasteiger partial charge in [-0.05, 0) is 81.4 Å². The lowest BCUT2D eigenvalue weighted by Crippen LogP contribution is -2.37. The minimum absolute atomic E-state index is 0.130. The average molecular weight is 517 g/mol. The molecule has 1 aliphatic heterocycles. The second kappa shape index (κ2) is 14.8. The molecule has 3 unspecified atom stereocenters. The molecule has 0 amide bonds. The number of fused-ring (bicyclic) bond motifs is 1. The lowest BCUT2D eigenvalue weighted by Gasteiger charge is -2.38. The van der Waals surface area contributed by atoms with Crippen LogP contribution in [0.2, 0.25) is 0 Å². The van der Waals surface area contributed by atoms with Gasteiger partial charge in [0.25, 0.3) is 0 Å². The Morgan fingerprint density at radius 2 is 1.57 bits per heavy atom. The molecule has 0 aliphatic carbocycles. The van der Waals surface area contributed by atoms with Crippen molar-refractivity contribution in [2.24, 2.45) is 17.8 Å². The fourth-order valence-electron chi connectivity index (χ4n) is 5.52. The Balaban J connectivity index is 1.81. The van der Waals surface area contributed by atoms with E-state index in [1.54, 1.807) is 0 Å². The summed E-state index contributed by atoms with van der Waals surface area (Å²) in [6, 6.07) is 1.85. The topological polar surface area (TPSA) is 72.8 Å². The molecule has 0 spiro atoms. The van der Waals surface area contributed by atoms with E-state index in [4.69, 9.17) is 14.6 Å². The lowest BCUT2D eigenvalue weighted by atomic mass is 9.84. The highest BCUT2D eigenvalue weighted by Crippen LogP contribution is 2.43. The third-order valence-electron chi connectivity index (χ3n) is 8.10. The van der Waals surface area contributed by atoms with Crippen molar-refractivity contribution in [1.82, 2.24) is 0 Å². The summed E-state index contributed by atoms with van der Waals surface area (Å²) in [7, 11) is 0. The van der Waals surface area contributed by atoms with Crippen molar-refractivity contribution < 1.29 is 24.2 Å². The van der Waals surface area contributed by atoms with Crippen LogP contribution in [0.3, 0.4) is 0 Å². The maximum Gasteiger partial charge on any atom is 0.311 e. The highest BCUT2D eigenvalue weighted by atomic mass is 16.5. The monoisotopic (exact) mass is 516 g/mol. The number of carboxylic acids is 1. The number of carbonyl (C=O) groups is 2. The van der Waals surface area contributed by atoms with Gasteiger partial charge in [-0.1, -0.05) is 72.6 Å². The second-order valence-electron chi connectivity index (χ2n) is 12.4. The van der Waals surface area contributed by atoms with E-state index in [1.165, 1.54) is 51.4 Å². The van der Waals surface area contributed by atoms with Gasteiger partial charge in [-0.25, -0.2) is 0 Å². The summed E-state index contributed by atoms with van der Waals surface area (Å²) in [5.74, 6) is 2.35. The van der Waals surface area contributed by atoms with E-state index in [0.717, 1.165) is 59.5 Å². The Hall–Kier alpha value is -2.04. The first-order chi connectivity index (χ1) is 17.4. The van der Waals surface area contributed by atoms with E-state index in [0.29, 0.717) is 5.75 Å². The van der Waals surface area contributed by atoms with Gasteiger partial charge in [0, 0.05) is 5.56 Å². The quantitative estimate of drug-likeness (QED) is 0.176. The van der Waals surface area contributed by atoms with E-state index in [-0.39, 0.29) is 18.4 Å². The van der Waals surface area contributed by atoms with E-state index in [9.17, 15) is 9.59 Å². The molecule has 1 aliphatic rings. The zero-order valence-electron chi connectivity index (χ0n) is 24.6. The number of carboxylic acid groups (broad SMARTS) is 1. The number of aliphatic carboxylic acids is 1. The molecule has 1 aromatic carbocycles. The van der Waals surface area contributed by atoms with Crippen molar-refractivity contribution in [3.05, 3.63) is 22.8 Å². The van der Waals surface area contributed by atoms with Crippen LogP contribution >= 0.6 is 0 Å². The Labute approximate surface area is 225 Å². The molecule has 0 saturated heterocycles. The van der Waals surface area contributed by atoms with Gasteiger partial charge in [-0.3, -0.25) is 9.59 Å². The summed E-state index contributed by atoms with van der Waals surface area (Å²) in [4.78, 5) is 22.8. The fraction of sp³-hybridized carbons (Fsp3) is 0.750. The molecular formula is C32H52O5. The second-order valence-corrected chi connectivity index (χ2v) is 12.4. The molecule has 5 nitrogen and oxygen atoms in total. The molecule has 0 radical (unpaired) electrons. The third kappa shape index (κ3) is 10.7. The first-order valence-electron chi connectivity index (χ1n) is 14.6. The van der Waals surface area contributed by atoms with E-state index < -0.39 is 11.9 Å². The minimum atomic E-state index is -1.00. The van der Waals surface area contributed by atoms with Gasteiger partial charge in [0.2, 0.25) is 0 Å². The molecule has 2 rings (SSSR count). The van der Waals surface area contributed by atoms with Crippen LogP contribution in [0.15, 0.2) is 6.07 Å². The smallest absolute Gasteiger partial charge is 0.311 e. The Morgan fingerprint density at radius 1 is 0.973 bits per heavy atom. The summed E-state index contributed by atoms with van der Waals surface area (Å²) >= 11 is 0. The predicted molar refractivity (Wildman–Crippen MR) is 150 cm³/mol. The SMILES string of the molecule is Cc1cc(OC(=O)CCC(=O)O)c(C)c2c1OC(C)(CCCC(C)CCCC(C)CCCC(C)C)CC2. The third-order valence-corrected chi connectivity index (χ3v) is 8.10. The maximum atomic E-state index is 12.1. The van der Waals surface area contributed by atoms with Crippen molar-refractivity contribution in [2.75, 3.05) is 0 Å². The fourth-order valence-corrected chi connectivity index (χ4v) is 5.52. The summed E-state index contributed by atoms with van der Waals surface area (Å²) in [5, 5.41) is 8.80. The van der Waals surface area contributed by atoms with E-state index >= 15 is 0 Å². The standard InChI is InChI=1S/C32H52O5/c1-22(2)11-8-12-23(3)13-9-14-24(4)15-10-19-32(7)20-18-27-26(6)28(21-25(5)31(27)37-32)36-30(35)17-16-29(33)34/h21-24H,8-20H2,1-7H3,(H,33,34). The number of ether oxygens (including phenoxy) is 2. The molecular weight excluding hydrogens is 464 g/mol. The van der Waals surface area contributed by atoms with Crippen molar-refractivity contribution in [3.8, 4) is 11.5 Å². The zero-order chi connectivity index (χ0) is 27.6. The van der Waals surface area contributed by atoms with Crippen LogP contribution in [-0.2, 0) is 16.0 Å². The molecule has 1 heterocycles. The van der Waals surface area contributed by atoms with Crippen LogP contribution in [0, 0.1) is 31.6 Å². The molecule has 0 saturated carbocycles. The van der Waals surface area contributed by atoms with Crippen LogP contribution in [0.5, 0.6) is 11.5 Å². The molecule has 0 bridgehead atoms. The summed E-state index contributed by atoms with van der Waals surface area (Å²) in [5.41, 5.74) is 2.81. The van der Waals surface area contributed by atoms with Gasteiger partial charge in [0.05, 0.1) is 12.8 Å². The normalized spacial score (nSPS) is 18.7. The molecule has 1 aromatic rings. The lowest BCUT2D eigenvalue weighted by molar-refractivity contribution is -0.142. The first kappa shape index (κ1) is 31.2.